The first-order valence-electron chi connectivity index (χ1n) is 5.78. The van der Waals surface area contributed by atoms with E-state index in [1.807, 2.05) is 0 Å². The smallest absolute Gasteiger partial charge is 0.305 e. The van der Waals surface area contributed by atoms with Crippen LogP contribution < -0.4 is 5.32 Å². The van der Waals surface area contributed by atoms with Gasteiger partial charge in [0.2, 0.25) is 0 Å². The summed E-state index contributed by atoms with van der Waals surface area (Å²) in [5.41, 5.74) is 0. The molecule has 0 saturated carbocycles. The van der Waals surface area contributed by atoms with Crippen LogP contribution in [-0.4, -0.2) is 23.0 Å². The minimum atomic E-state index is -0.998. The fraction of sp³-hybridized carbons (Fsp3) is 0.231. The maximum Gasteiger partial charge on any atom is 0.305 e. The van der Waals surface area contributed by atoms with Crippen molar-refractivity contribution in [3.63, 3.8) is 0 Å². The Hall–Kier alpha value is -1.66. The molecule has 7 heteroatoms. The van der Waals surface area contributed by atoms with Crippen LogP contribution in [0, 0.1) is 5.82 Å². The van der Waals surface area contributed by atoms with Gasteiger partial charge in [-0.05, 0) is 25.1 Å². The van der Waals surface area contributed by atoms with Crippen molar-refractivity contribution in [2.75, 3.05) is 0 Å². The lowest BCUT2D eigenvalue weighted by molar-refractivity contribution is -0.137. The highest BCUT2D eigenvalue weighted by Gasteiger charge is 2.19. The predicted octanol–water partition coefficient (Wildman–Crippen LogP) is 3.29. The highest BCUT2D eigenvalue weighted by atomic mass is 35.5. The molecule has 4 nitrogen and oxygen atoms in total. The third kappa shape index (κ3) is 3.08. The third-order valence-electron chi connectivity index (χ3n) is 2.66. The largest absolute Gasteiger partial charge is 0.481 e. The number of halogens is 2. The predicted molar refractivity (Wildman–Crippen MR) is 76.0 cm³/mol. The number of thiophene rings is 1. The van der Waals surface area contributed by atoms with Gasteiger partial charge in [-0.2, -0.15) is 0 Å². The van der Waals surface area contributed by atoms with Crippen molar-refractivity contribution in [2.24, 2.45) is 0 Å². The minimum absolute atomic E-state index is 0.178. The zero-order valence-electron chi connectivity index (χ0n) is 10.4. The number of fused-ring (bicyclic) bond motifs is 1. The molecular formula is C13H11ClFNO3S. The first-order valence-corrected chi connectivity index (χ1v) is 6.98. The van der Waals surface area contributed by atoms with Gasteiger partial charge in [-0.1, -0.05) is 11.6 Å². The van der Waals surface area contributed by atoms with Crippen molar-refractivity contribution in [1.29, 1.82) is 0 Å². The number of hydrogen-bond acceptors (Lipinski definition) is 3. The Balaban J connectivity index is 2.26. The molecule has 0 saturated heterocycles. The Labute approximate surface area is 123 Å². The van der Waals surface area contributed by atoms with Gasteiger partial charge in [0, 0.05) is 16.1 Å². The molecule has 0 aliphatic carbocycles. The summed E-state index contributed by atoms with van der Waals surface area (Å²) in [5, 5.41) is 12.1. The van der Waals surface area contributed by atoms with Gasteiger partial charge in [-0.25, -0.2) is 4.39 Å². The third-order valence-corrected chi connectivity index (χ3v) is 4.31. The summed E-state index contributed by atoms with van der Waals surface area (Å²) in [6, 6.07) is 3.58. The van der Waals surface area contributed by atoms with E-state index >= 15 is 0 Å². The number of carbonyl (C=O) groups excluding carboxylic acids is 1. The number of rotatable bonds is 4. The van der Waals surface area contributed by atoms with Gasteiger partial charge in [0.15, 0.2) is 0 Å². The van der Waals surface area contributed by atoms with Gasteiger partial charge in [0.05, 0.1) is 11.4 Å². The van der Waals surface area contributed by atoms with Gasteiger partial charge in [-0.3, -0.25) is 9.59 Å². The van der Waals surface area contributed by atoms with E-state index in [-0.39, 0.29) is 16.3 Å². The molecule has 2 rings (SSSR count). The zero-order valence-corrected chi connectivity index (χ0v) is 12.0. The van der Waals surface area contributed by atoms with E-state index < -0.39 is 23.7 Å². The summed E-state index contributed by atoms with van der Waals surface area (Å²) in [5.74, 6) is -1.85. The van der Waals surface area contributed by atoms with E-state index in [2.05, 4.69) is 5.32 Å². The van der Waals surface area contributed by atoms with Crippen LogP contribution >= 0.6 is 22.9 Å². The molecule has 20 heavy (non-hydrogen) atoms. The Morgan fingerprint density at radius 3 is 2.85 bits per heavy atom. The molecular weight excluding hydrogens is 305 g/mol. The summed E-state index contributed by atoms with van der Waals surface area (Å²) in [6.45, 7) is 1.59. The molecule has 0 aliphatic heterocycles. The molecule has 106 valence electrons. The minimum Gasteiger partial charge on any atom is -0.481 e. The van der Waals surface area contributed by atoms with E-state index in [9.17, 15) is 14.0 Å². The van der Waals surface area contributed by atoms with E-state index in [0.717, 1.165) is 11.3 Å². The number of carbonyl (C=O) groups is 2. The van der Waals surface area contributed by atoms with Crippen LogP contribution in [0.1, 0.15) is 23.0 Å². The van der Waals surface area contributed by atoms with Crippen molar-refractivity contribution in [3.8, 4) is 0 Å². The van der Waals surface area contributed by atoms with Gasteiger partial charge in [-0.15, -0.1) is 11.3 Å². The number of carboxylic acid groups (broad SMARTS) is 1. The fourth-order valence-electron chi connectivity index (χ4n) is 1.79. The SMILES string of the molecule is CC(CC(=O)O)NC(=O)c1sc2cc(F)ccc2c1Cl. The number of hydrogen-bond donors (Lipinski definition) is 2. The molecule has 1 aromatic heterocycles. The van der Waals surface area contributed by atoms with Crippen molar-refractivity contribution in [1.82, 2.24) is 5.32 Å². The Bertz CT molecular complexity index is 686. The fourth-order valence-corrected chi connectivity index (χ4v) is 3.23. The van der Waals surface area contributed by atoms with Gasteiger partial charge < -0.3 is 10.4 Å². The lowest BCUT2D eigenvalue weighted by atomic mass is 10.2. The molecule has 0 radical (unpaired) electrons. The van der Waals surface area contributed by atoms with Crippen LogP contribution in [0.25, 0.3) is 10.1 Å². The number of aliphatic carboxylic acids is 1. The van der Waals surface area contributed by atoms with Gasteiger partial charge in [0.25, 0.3) is 5.91 Å². The van der Waals surface area contributed by atoms with E-state index in [4.69, 9.17) is 16.7 Å². The van der Waals surface area contributed by atoms with Crippen LogP contribution in [0.5, 0.6) is 0 Å². The summed E-state index contributed by atoms with van der Waals surface area (Å²) in [7, 11) is 0. The maximum atomic E-state index is 13.1. The summed E-state index contributed by atoms with van der Waals surface area (Å²) in [4.78, 5) is 22.9. The molecule has 1 amide bonds. The highest BCUT2D eigenvalue weighted by Crippen LogP contribution is 2.35. The van der Waals surface area contributed by atoms with Crippen LogP contribution in [0.2, 0.25) is 5.02 Å². The number of amides is 1. The Kier molecular flexibility index (Phi) is 4.25. The van der Waals surface area contributed by atoms with E-state index in [0.29, 0.717) is 10.1 Å². The monoisotopic (exact) mass is 315 g/mol. The molecule has 2 N–H and O–H groups in total. The average molecular weight is 316 g/mol. The van der Waals surface area contributed by atoms with E-state index in [1.54, 1.807) is 6.92 Å². The number of nitrogens with one attached hydrogen (secondary N) is 1. The first kappa shape index (κ1) is 14.7. The molecule has 0 fully saturated rings. The quantitative estimate of drug-likeness (QED) is 0.910. The van der Waals surface area contributed by atoms with Crippen molar-refractivity contribution in [2.45, 2.75) is 19.4 Å². The second kappa shape index (κ2) is 5.76. The Morgan fingerprint density at radius 1 is 1.50 bits per heavy atom. The molecule has 1 aromatic carbocycles. The first-order chi connectivity index (χ1) is 9.38. The van der Waals surface area contributed by atoms with Crippen molar-refractivity contribution < 1.29 is 19.1 Å². The molecule has 1 heterocycles. The van der Waals surface area contributed by atoms with E-state index in [1.165, 1.54) is 18.2 Å². The highest BCUT2D eigenvalue weighted by molar-refractivity contribution is 7.21. The number of benzene rings is 1. The zero-order chi connectivity index (χ0) is 14.9. The van der Waals surface area contributed by atoms with Gasteiger partial charge in [0.1, 0.15) is 10.7 Å². The molecule has 1 atom stereocenters. The van der Waals surface area contributed by atoms with Crippen LogP contribution in [0.3, 0.4) is 0 Å². The average Bonchev–Trinajstić information content (AvgIpc) is 2.65. The lowest BCUT2D eigenvalue weighted by Gasteiger charge is -2.10. The topological polar surface area (TPSA) is 66.4 Å². The molecule has 1 unspecified atom stereocenters. The van der Waals surface area contributed by atoms with Crippen molar-refractivity contribution in [3.05, 3.63) is 33.9 Å². The maximum absolute atomic E-state index is 13.1. The molecule has 0 spiro atoms. The summed E-state index contributed by atoms with van der Waals surface area (Å²) >= 11 is 7.18. The molecule has 2 aromatic rings. The second-order valence-corrected chi connectivity index (χ2v) is 5.79. The standard InChI is InChI=1S/C13H11ClFNO3S/c1-6(4-10(17)18)16-13(19)12-11(14)8-3-2-7(15)5-9(8)20-12/h2-3,5-6H,4H2,1H3,(H,16,19)(H,17,18). The van der Waals surface area contributed by atoms with Crippen LogP contribution in [-0.2, 0) is 4.79 Å². The Morgan fingerprint density at radius 2 is 2.20 bits per heavy atom. The second-order valence-electron chi connectivity index (χ2n) is 4.36. The van der Waals surface area contributed by atoms with Gasteiger partial charge >= 0.3 is 5.97 Å². The lowest BCUT2D eigenvalue weighted by Crippen LogP contribution is -2.33. The van der Waals surface area contributed by atoms with Crippen LogP contribution in [0.4, 0.5) is 4.39 Å². The van der Waals surface area contributed by atoms with Crippen LogP contribution in [0.15, 0.2) is 18.2 Å². The molecule has 0 bridgehead atoms. The van der Waals surface area contributed by atoms with Crippen molar-refractivity contribution >= 4 is 44.9 Å². The summed E-state index contributed by atoms with van der Waals surface area (Å²) in [6.07, 6.45) is -0.178. The normalized spacial score (nSPS) is 12.3. The number of carboxylic acids is 1. The summed E-state index contributed by atoms with van der Waals surface area (Å²) < 4.78 is 13.7. The molecule has 0 aliphatic rings.